The Kier molecular flexibility index (Phi) is 4.85. The maximum atomic E-state index is 12.5. The lowest BCUT2D eigenvalue weighted by molar-refractivity contribution is -0.123. The molecular formula is C20H25NO2. The van der Waals surface area contributed by atoms with Gasteiger partial charge in [0, 0.05) is 6.04 Å². The van der Waals surface area contributed by atoms with Gasteiger partial charge in [0.2, 0.25) is 5.91 Å². The van der Waals surface area contributed by atoms with E-state index in [1.54, 1.807) is 7.11 Å². The third-order valence-corrected chi connectivity index (χ3v) is 4.92. The first-order chi connectivity index (χ1) is 11.2. The van der Waals surface area contributed by atoms with Crippen LogP contribution in [0.15, 0.2) is 36.4 Å². The average Bonchev–Trinajstić information content (AvgIpc) is 2.61. The Morgan fingerprint density at radius 2 is 1.78 bits per heavy atom. The van der Waals surface area contributed by atoms with Crippen molar-refractivity contribution in [2.75, 3.05) is 7.11 Å². The van der Waals surface area contributed by atoms with Gasteiger partial charge in [-0.15, -0.1) is 0 Å². The molecule has 1 amide bonds. The maximum absolute atomic E-state index is 12.5. The Balaban J connectivity index is 1.74. The van der Waals surface area contributed by atoms with E-state index in [0.717, 1.165) is 34.9 Å². The Labute approximate surface area is 138 Å². The summed E-state index contributed by atoms with van der Waals surface area (Å²) in [5.74, 6) is 0.876. The molecule has 0 unspecified atom stereocenters. The highest BCUT2D eigenvalue weighted by Crippen LogP contribution is 2.26. The van der Waals surface area contributed by atoms with Crippen molar-refractivity contribution in [3.8, 4) is 5.75 Å². The van der Waals surface area contributed by atoms with Crippen molar-refractivity contribution in [3.05, 3.63) is 42.0 Å². The number of carbonyl (C=O) groups is 1. The molecule has 1 atom stereocenters. The van der Waals surface area contributed by atoms with E-state index in [2.05, 4.69) is 17.4 Å². The van der Waals surface area contributed by atoms with Crippen LogP contribution in [0.3, 0.4) is 0 Å². The predicted octanol–water partition coefficient (Wildman–Crippen LogP) is 4.40. The number of hydrogen-bond acceptors (Lipinski definition) is 2. The first kappa shape index (κ1) is 15.9. The topological polar surface area (TPSA) is 38.3 Å². The van der Waals surface area contributed by atoms with E-state index >= 15 is 0 Å². The van der Waals surface area contributed by atoms with Gasteiger partial charge in [-0.2, -0.15) is 0 Å². The van der Waals surface area contributed by atoms with Crippen LogP contribution in [0.1, 0.15) is 50.5 Å². The van der Waals surface area contributed by atoms with Crippen LogP contribution in [0.2, 0.25) is 0 Å². The Hall–Kier alpha value is -2.03. The normalized spacial score (nSPS) is 17.0. The number of carbonyl (C=O) groups excluding carboxylic acids is 1. The summed E-state index contributed by atoms with van der Waals surface area (Å²) in [4.78, 5) is 12.5. The van der Waals surface area contributed by atoms with Gasteiger partial charge in [-0.1, -0.05) is 43.5 Å². The molecule has 0 spiro atoms. The first-order valence-electron chi connectivity index (χ1n) is 8.55. The fourth-order valence-electron chi connectivity index (χ4n) is 3.36. The molecule has 0 aliphatic heterocycles. The van der Waals surface area contributed by atoms with Crippen LogP contribution in [0.4, 0.5) is 0 Å². The molecule has 0 radical (unpaired) electrons. The minimum Gasteiger partial charge on any atom is -0.497 e. The van der Waals surface area contributed by atoms with Gasteiger partial charge in [0.25, 0.3) is 0 Å². The summed E-state index contributed by atoms with van der Waals surface area (Å²) in [6.45, 7) is 1.99. The van der Waals surface area contributed by atoms with Crippen LogP contribution in [0, 0.1) is 0 Å². The van der Waals surface area contributed by atoms with E-state index < -0.39 is 0 Å². The molecule has 1 N–H and O–H groups in total. The number of amides is 1. The highest BCUT2D eigenvalue weighted by atomic mass is 16.5. The number of rotatable bonds is 4. The van der Waals surface area contributed by atoms with E-state index in [4.69, 9.17) is 4.74 Å². The van der Waals surface area contributed by atoms with Gasteiger partial charge >= 0.3 is 0 Å². The highest BCUT2D eigenvalue weighted by molar-refractivity contribution is 5.88. The van der Waals surface area contributed by atoms with E-state index in [0.29, 0.717) is 6.04 Å². The van der Waals surface area contributed by atoms with E-state index in [9.17, 15) is 4.79 Å². The molecular weight excluding hydrogens is 286 g/mol. The van der Waals surface area contributed by atoms with E-state index in [-0.39, 0.29) is 11.8 Å². The molecule has 0 saturated heterocycles. The summed E-state index contributed by atoms with van der Waals surface area (Å²) in [7, 11) is 1.67. The minimum atomic E-state index is -0.122. The Morgan fingerprint density at radius 3 is 2.52 bits per heavy atom. The summed E-state index contributed by atoms with van der Waals surface area (Å²) >= 11 is 0. The number of benzene rings is 2. The number of fused-ring (bicyclic) bond motifs is 1. The molecule has 1 fully saturated rings. The van der Waals surface area contributed by atoms with Crippen molar-refractivity contribution >= 4 is 16.7 Å². The number of ether oxygens (including phenoxy) is 1. The number of methoxy groups -OCH3 is 1. The van der Waals surface area contributed by atoms with Crippen molar-refractivity contribution in [2.24, 2.45) is 0 Å². The zero-order valence-electron chi connectivity index (χ0n) is 14.0. The molecule has 0 bridgehead atoms. The van der Waals surface area contributed by atoms with Crippen LogP contribution >= 0.6 is 0 Å². The molecule has 122 valence electrons. The van der Waals surface area contributed by atoms with Crippen molar-refractivity contribution in [1.82, 2.24) is 5.32 Å². The zero-order chi connectivity index (χ0) is 16.2. The lowest BCUT2D eigenvalue weighted by Crippen LogP contribution is -2.38. The third-order valence-electron chi connectivity index (χ3n) is 4.92. The molecule has 1 aliphatic carbocycles. The molecule has 1 aliphatic rings. The van der Waals surface area contributed by atoms with E-state index in [1.165, 1.54) is 19.3 Å². The Morgan fingerprint density at radius 1 is 1.09 bits per heavy atom. The molecule has 3 nitrogen and oxygen atoms in total. The second-order valence-electron chi connectivity index (χ2n) is 6.54. The van der Waals surface area contributed by atoms with Crippen molar-refractivity contribution < 1.29 is 9.53 Å². The molecule has 1 saturated carbocycles. The van der Waals surface area contributed by atoms with Gasteiger partial charge in [0.15, 0.2) is 0 Å². The molecule has 3 heteroatoms. The fourth-order valence-corrected chi connectivity index (χ4v) is 3.36. The van der Waals surface area contributed by atoms with Crippen LogP contribution in [0.25, 0.3) is 10.8 Å². The standard InChI is InChI=1S/C20H25NO2/c1-14(20(22)21-18-6-4-3-5-7-18)15-8-9-17-13-19(23-2)11-10-16(17)12-15/h8-14,18H,3-7H2,1-2H3,(H,21,22)/t14-/m0/s1. The third kappa shape index (κ3) is 3.66. The van der Waals surface area contributed by atoms with Crippen LogP contribution < -0.4 is 10.1 Å². The van der Waals surface area contributed by atoms with Gasteiger partial charge in [0.1, 0.15) is 5.75 Å². The van der Waals surface area contributed by atoms with Crippen molar-refractivity contribution in [3.63, 3.8) is 0 Å². The summed E-state index contributed by atoms with van der Waals surface area (Å²) in [5.41, 5.74) is 1.07. The number of nitrogens with one attached hydrogen (secondary N) is 1. The lowest BCUT2D eigenvalue weighted by atomic mass is 9.93. The highest BCUT2D eigenvalue weighted by Gasteiger charge is 2.20. The zero-order valence-corrected chi connectivity index (χ0v) is 14.0. The number of hydrogen-bond donors (Lipinski definition) is 1. The van der Waals surface area contributed by atoms with Gasteiger partial charge in [0.05, 0.1) is 13.0 Å². The predicted molar refractivity (Wildman–Crippen MR) is 93.9 cm³/mol. The Bertz CT molecular complexity index is 689. The van der Waals surface area contributed by atoms with Gasteiger partial charge < -0.3 is 10.1 Å². The molecule has 2 aromatic rings. The van der Waals surface area contributed by atoms with Gasteiger partial charge in [-0.3, -0.25) is 4.79 Å². The second-order valence-corrected chi connectivity index (χ2v) is 6.54. The van der Waals surface area contributed by atoms with Crippen molar-refractivity contribution in [1.29, 1.82) is 0 Å². The van der Waals surface area contributed by atoms with Gasteiger partial charge in [-0.05, 0) is 48.2 Å². The molecule has 23 heavy (non-hydrogen) atoms. The lowest BCUT2D eigenvalue weighted by Gasteiger charge is -2.24. The molecule has 2 aromatic carbocycles. The fraction of sp³-hybridized carbons (Fsp3) is 0.450. The minimum absolute atomic E-state index is 0.122. The maximum Gasteiger partial charge on any atom is 0.227 e. The summed E-state index contributed by atoms with van der Waals surface area (Å²) in [6, 6.07) is 12.6. The molecule has 0 aromatic heterocycles. The van der Waals surface area contributed by atoms with Crippen LogP contribution in [-0.2, 0) is 4.79 Å². The summed E-state index contributed by atoms with van der Waals surface area (Å²) < 4.78 is 5.26. The van der Waals surface area contributed by atoms with Crippen molar-refractivity contribution in [2.45, 2.75) is 51.0 Å². The van der Waals surface area contributed by atoms with E-state index in [1.807, 2.05) is 31.2 Å². The quantitative estimate of drug-likeness (QED) is 0.909. The monoisotopic (exact) mass is 311 g/mol. The SMILES string of the molecule is COc1ccc2cc([C@H](C)C(=O)NC3CCCCC3)ccc2c1. The second kappa shape index (κ2) is 7.03. The average molecular weight is 311 g/mol. The first-order valence-corrected chi connectivity index (χ1v) is 8.55. The summed E-state index contributed by atoms with van der Waals surface area (Å²) in [6.07, 6.45) is 6.01. The molecule has 3 rings (SSSR count). The smallest absolute Gasteiger partial charge is 0.227 e. The largest absolute Gasteiger partial charge is 0.497 e. The molecule has 0 heterocycles. The van der Waals surface area contributed by atoms with Crippen LogP contribution in [0.5, 0.6) is 5.75 Å². The summed E-state index contributed by atoms with van der Waals surface area (Å²) in [5, 5.41) is 5.50. The van der Waals surface area contributed by atoms with Gasteiger partial charge in [-0.25, -0.2) is 0 Å². The van der Waals surface area contributed by atoms with Crippen LogP contribution in [-0.4, -0.2) is 19.1 Å².